The second-order valence-electron chi connectivity index (χ2n) is 9.64. The highest BCUT2D eigenvalue weighted by molar-refractivity contribution is 7.80. The minimum atomic E-state index is -1.02. The lowest BCUT2D eigenvalue weighted by Crippen LogP contribution is -2.57. The Morgan fingerprint density at radius 1 is 0.838 bits per heavy atom. The smallest absolute Gasteiger partial charge is 0.262 e. The SMILES string of the molecule is CC1(C)c2ssc(=S)c2-c2ccccc2N1C(=O)[C@H](Cc1ccccc1)N1C(=O)c2ccccc2C1=O. The Bertz CT molecular complexity index is 1600. The average molecular weight is 543 g/mol. The van der Waals surface area contributed by atoms with E-state index in [-0.39, 0.29) is 12.3 Å². The Balaban J connectivity index is 1.51. The van der Waals surface area contributed by atoms with Gasteiger partial charge in [0, 0.05) is 17.5 Å². The number of nitrogens with zero attached hydrogens (tertiary/aromatic N) is 2. The summed E-state index contributed by atoms with van der Waals surface area (Å²) in [5.41, 5.74) is 3.42. The van der Waals surface area contributed by atoms with Crippen molar-refractivity contribution in [2.45, 2.75) is 31.8 Å². The van der Waals surface area contributed by atoms with Crippen LogP contribution in [0.4, 0.5) is 5.69 Å². The molecule has 5 nitrogen and oxygen atoms in total. The van der Waals surface area contributed by atoms with Gasteiger partial charge in [0.15, 0.2) is 0 Å². The van der Waals surface area contributed by atoms with Gasteiger partial charge in [-0.15, -0.1) is 0 Å². The second kappa shape index (κ2) is 8.83. The molecule has 4 aromatic rings. The first-order valence-corrected chi connectivity index (χ1v) is 14.4. The van der Waals surface area contributed by atoms with Crippen molar-refractivity contribution in [2.75, 3.05) is 4.90 Å². The van der Waals surface area contributed by atoms with Crippen LogP contribution < -0.4 is 4.90 Å². The van der Waals surface area contributed by atoms with Crippen LogP contribution in [0.1, 0.15) is 45.0 Å². The molecule has 1 atom stereocenters. The lowest BCUT2D eigenvalue weighted by atomic mass is 9.86. The van der Waals surface area contributed by atoms with Gasteiger partial charge in [0.05, 0.1) is 27.2 Å². The van der Waals surface area contributed by atoms with Crippen LogP contribution in [0.2, 0.25) is 0 Å². The predicted molar refractivity (Wildman–Crippen MR) is 150 cm³/mol. The van der Waals surface area contributed by atoms with E-state index >= 15 is 0 Å². The van der Waals surface area contributed by atoms with Crippen LogP contribution in [0.25, 0.3) is 11.1 Å². The zero-order valence-electron chi connectivity index (χ0n) is 20.1. The van der Waals surface area contributed by atoms with E-state index < -0.39 is 23.4 Å². The van der Waals surface area contributed by atoms with E-state index in [1.165, 1.54) is 10.3 Å². The fourth-order valence-corrected chi connectivity index (χ4v) is 8.62. The first-order valence-electron chi connectivity index (χ1n) is 11.9. The van der Waals surface area contributed by atoms with E-state index in [0.29, 0.717) is 11.1 Å². The van der Waals surface area contributed by atoms with Crippen LogP contribution in [-0.4, -0.2) is 28.7 Å². The zero-order chi connectivity index (χ0) is 25.9. The van der Waals surface area contributed by atoms with Crippen molar-refractivity contribution in [3.63, 3.8) is 0 Å². The third kappa shape index (κ3) is 3.62. The highest BCUT2D eigenvalue weighted by atomic mass is 32.9. The van der Waals surface area contributed by atoms with Crippen LogP contribution in [0.3, 0.4) is 0 Å². The van der Waals surface area contributed by atoms with Crippen LogP contribution >= 0.6 is 32.9 Å². The molecule has 0 saturated carbocycles. The number of benzene rings is 3. The normalized spacial score (nSPS) is 16.3. The van der Waals surface area contributed by atoms with Crippen LogP contribution in [0.15, 0.2) is 78.9 Å². The van der Waals surface area contributed by atoms with E-state index in [9.17, 15) is 14.4 Å². The molecule has 0 saturated heterocycles. The van der Waals surface area contributed by atoms with Crippen molar-refractivity contribution in [3.05, 3.63) is 104 Å². The number of rotatable bonds is 4. The molecule has 1 aromatic heterocycles. The average Bonchev–Trinajstić information content (AvgIpc) is 3.41. The van der Waals surface area contributed by atoms with E-state index in [1.54, 1.807) is 39.5 Å². The molecule has 0 N–H and O–H groups in total. The summed E-state index contributed by atoms with van der Waals surface area (Å²) in [5.74, 6) is -1.18. The molecule has 0 aliphatic carbocycles. The predicted octanol–water partition coefficient (Wildman–Crippen LogP) is 6.70. The maximum Gasteiger partial charge on any atom is 0.262 e. The monoisotopic (exact) mass is 542 g/mol. The van der Waals surface area contributed by atoms with E-state index in [2.05, 4.69) is 0 Å². The van der Waals surface area contributed by atoms with Gasteiger partial charge in [0.1, 0.15) is 9.87 Å². The summed E-state index contributed by atoms with van der Waals surface area (Å²) in [6, 6.07) is 23.0. The lowest BCUT2D eigenvalue weighted by molar-refractivity contribution is -0.123. The maximum absolute atomic E-state index is 14.7. The van der Waals surface area contributed by atoms with Gasteiger partial charge in [-0.25, -0.2) is 0 Å². The number of carbonyl (C=O) groups is 3. The number of fused-ring (bicyclic) bond motifs is 4. The molecule has 8 heteroatoms. The Hall–Kier alpha value is -3.46. The molecular formula is C29H22N2O3S3. The topological polar surface area (TPSA) is 57.7 Å². The van der Waals surface area contributed by atoms with Gasteiger partial charge >= 0.3 is 0 Å². The molecule has 3 heterocycles. The number of hydrogen-bond acceptors (Lipinski definition) is 6. The van der Waals surface area contributed by atoms with Gasteiger partial charge in [-0.1, -0.05) is 93.6 Å². The summed E-state index contributed by atoms with van der Waals surface area (Å²) in [5, 5.41) is 0. The van der Waals surface area contributed by atoms with Crippen molar-refractivity contribution in [1.29, 1.82) is 0 Å². The van der Waals surface area contributed by atoms with Crippen molar-refractivity contribution in [1.82, 2.24) is 4.90 Å². The number of carbonyl (C=O) groups excluding carboxylic acids is 3. The molecule has 6 rings (SSSR count). The standard InChI is InChI=1S/C29H22N2O3S3/c1-29(2)24-23(28(35)37-36-24)20-14-8-9-15-21(20)31(29)27(34)22(16-17-10-4-3-5-11-17)30-25(32)18-12-6-7-13-19(18)26(30)33/h3-15,22H,16H2,1-2H3/t22-/m0/s1. The summed E-state index contributed by atoms with van der Waals surface area (Å²) >= 11 is 5.68. The summed E-state index contributed by atoms with van der Waals surface area (Å²) in [7, 11) is 3.11. The molecule has 184 valence electrons. The van der Waals surface area contributed by atoms with Gasteiger partial charge < -0.3 is 0 Å². The van der Waals surface area contributed by atoms with Gasteiger partial charge in [-0.05, 0) is 37.6 Å². The van der Waals surface area contributed by atoms with Crippen LogP contribution in [0, 0.1) is 3.82 Å². The molecule has 0 unspecified atom stereocenters. The number of hydrogen-bond donors (Lipinski definition) is 0. The Labute approximate surface area is 227 Å². The molecule has 0 bridgehead atoms. The molecule has 37 heavy (non-hydrogen) atoms. The highest BCUT2D eigenvalue weighted by Gasteiger charge is 2.49. The quantitative estimate of drug-likeness (QED) is 0.164. The summed E-state index contributed by atoms with van der Waals surface area (Å²) in [6.45, 7) is 4.00. The Morgan fingerprint density at radius 3 is 2.05 bits per heavy atom. The second-order valence-corrected chi connectivity index (χ2v) is 12.5. The molecule has 3 aromatic carbocycles. The van der Waals surface area contributed by atoms with Gasteiger partial charge in [-0.3, -0.25) is 24.2 Å². The van der Waals surface area contributed by atoms with Crippen molar-refractivity contribution < 1.29 is 14.4 Å². The van der Waals surface area contributed by atoms with Crippen molar-refractivity contribution in [3.8, 4) is 11.1 Å². The molecule has 2 aliphatic rings. The number of anilines is 1. The largest absolute Gasteiger partial charge is 0.299 e. The Kier molecular flexibility index (Phi) is 5.71. The number of amides is 3. The molecule has 0 fully saturated rings. The van der Waals surface area contributed by atoms with Crippen molar-refractivity contribution in [2.24, 2.45) is 0 Å². The summed E-state index contributed by atoms with van der Waals surface area (Å²) in [4.78, 5) is 45.7. The first-order chi connectivity index (χ1) is 17.8. The van der Waals surface area contributed by atoms with Gasteiger partial charge in [-0.2, -0.15) is 0 Å². The van der Waals surface area contributed by atoms with Crippen LogP contribution in [0.5, 0.6) is 0 Å². The first kappa shape index (κ1) is 23.9. The van der Waals surface area contributed by atoms with E-state index in [4.69, 9.17) is 12.2 Å². The number of para-hydroxylation sites is 1. The van der Waals surface area contributed by atoms with Crippen molar-refractivity contribution >= 4 is 56.3 Å². The third-order valence-electron chi connectivity index (χ3n) is 7.08. The molecular weight excluding hydrogens is 521 g/mol. The van der Waals surface area contributed by atoms with Gasteiger partial charge in [0.2, 0.25) is 0 Å². The summed E-state index contributed by atoms with van der Waals surface area (Å²) < 4.78 is 0.800. The minimum absolute atomic E-state index is 0.214. The molecule has 2 aliphatic heterocycles. The highest BCUT2D eigenvalue weighted by Crippen LogP contribution is 2.52. The lowest BCUT2D eigenvalue weighted by Gasteiger charge is -2.45. The minimum Gasteiger partial charge on any atom is -0.299 e. The van der Waals surface area contributed by atoms with E-state index in [0.717, 1.165) is 36.0 Å². The zero-order valence-corrected chi connectivity index (χ0v) is 22.6. The number of imide groups is 1. The van der Waals surface area contributed by atoms with E-state index in [1.807, 2.05) is 68.4 Å². The Morgan fingerprint density at radius 2 is 1.41 bits per heavy atom. The summed E-state index contributed by atoms with van der Waals surface area (Å²) in [6.07, 6.45) is 0.214. The fraction of sp³-hybridized carbons (Fsp3) is 0.172. The van der Waals surface area contributed by atoms with Gasteiger partial charge in [0.25, 0.3) is 17.7 Å². The van der Waals surface area contributed by atoms with Crippen LogP contribution in [-0.2, 0) is 16.8 Å². The third-order valence-corrected chi connectivity index (χ3v) is 10.4. The maximum atomic E-state index is 14.7. The molecule has 0 radical (unpaired) electrons. The molecule has 0 spiro atoms. The fourth-order valence-electron chi connectivity index (χ4n) is 5.34. The molecule has 3 amide bonds.